The molecule has 2 aromatic rings. The molecule has 0 aliphatic carbocycles. The van der Waals surface area contributed by atoms with E-state index in [-0.39, 0.29) is 17.8 Å². The first-order chi connectivity index (χ1) is 14.6. The van der Waals surface area contributed by atoms with Gasteiger partial charge in [0, 0.05) is 17.8 Å². The van der Waals surface area contributed by atoms with Crippen molar-refractivity contribution in [1.29, 1.82) is 5.26 Å². The zero-order valence-electron chi connectivity index (χ0n) is 18.5. The molecule has 1 heterocycles. The molecule has 1 N–H and O–H groups in total. The molecule has 0 aliphatic rings. The van der Waals surface area contributed by atoms with Crippen molar-refractivity contribution >= 4 is 12.4 Å². The summed E-state index contributed by atoms with van der Waals surface area (Å²) in [5.74, 6) is 0.683. The van der Waals surface area contributed by atoms with Crippen molar-refractivity contribution < 1.29 is 19.1 Å². The van der Waals surface area contributed by atoms with Gasteiger partial charge in [-0.05, 0) is 64.3 Å². The molecule has 8 heteroatoms. The van der Waals surface area contributed by atoms with Gasteiger partial charge >= 0.3 is 6.09 Å². The predicted octanol–water partition coefficient (Wildman–Crippen LogP) is 4.15. The lowest BCUT2D eigenvalue weighted by Crippen LogP contribution is -2.38. The third kappa shape index (κ3) is 7.70. The molecule has 0 fully saturated rings. The van der Waals surface area contributed by atoms with Crippen LogP contribution in [0.2, 0.25) is 0 Å². The van der Waals surface area contributed by atoms with Crippen LogP contribution in [0.1, 0.15) is 57.2 Å². The molecule has 164 valence electrons. The van der Waals surface area contributed by atoms with E-state index in [9.17, 15) is 14.9 Å². The molecule has 0 saturated heterocycles. The Balaban J connectivity index is 1.96. The largest absolute Gasteiger partial charge is 0.492 e. The van der Waals surface area contributed by atoms with Gasteiger partial charge in [-0.25, -0.2) is 14.8 Å². The number of rotatable bonds is 8. The lowest BCUT2D eigenvalue weighted by atomic mass is 10.0. The molecule has 0 radical (unpaired) electrons. The van der Waals surface area contributed by atoms with Gasteiger partial charge in [-0.1, -0.05) is 6.92 Å². The van der Waals surface area contributed by atoms with Crippen LogP contribution in [0.3, 0.4) is 0 Å². The zero-order chi connectivity index (χ0) is 23.0. The number of nitrogens with zero attached hydrogens (tertiary/aromatic N) is 3. The summed E-state index contributed by atoms with van der Waals surface area (Å²) in [5, 5.41) is 12.3. The number of alkyl carbamates (subject to hydrolysis) is 1. The van der Waals surface area contributed by atoms with Crippen molar-refractivity contribution in [3.63, 3.8) is 0 Å². The Morgan fingerprint density at radius 2 is 2.03 bits per heavy atom. The van der Waals surface area contributed by atoms with E-state index in [0.717, 1.165) is 0 Å². The van der Waals surface area contributed by atoms with Gasteiger partial charge in [-0.3, -0.25) is 4.79 Å². The maximum atomic E-state index is 11.9. The minimum Gasteiger partial charge on any atom is -0.492 e. The minimum absolute atomic E-state index is 0.0827. The van der Waals surface area contributed by atoms with Gasteiger partial charge in [-0.15, -0.1) is 0 Å². The standard InChI is InChI=1S/C23H28N4O4/c1-15(10-16(2)26-22(29)31-23(3,4)5)14-30-20-7-6-17(11-18(20)12-24)19-8-9-25-21(13-28)27-19/h6-9,11,13,15-16H,10,14H2,1-5H3,(H,26,29). The average Bonchev–Trinajstić information content (AvgIpc) is 2.70. The number of carbonyl (C=O) groups excluding carboxylic acids is 2. The Kier molecular flexibility index (Phi) is 8.08. The maximum absolute atomic E-state index is 11.9. The molecule has 0 bridgehead atoms. The molecule has 2 atom stereocenters. The molecule has 0 aliphatic heterocycles. The Morgan fingerprint density at radius 3 is 2.68 bits per heavy atom. The van der Waals surface area contributed by atoms with Gasteiger partial charge in [0.25, 0.3) is 0 Å². The molecular weight excluding hydrogens is 396 g/mol. The van der Waals surface area contributed by atoms with Crippen molar-refractivity contribution in [3.05, 3.63) is 41.9 Å². The summed E-state index contributed by atoms with van der Waals surface area (Å²) < 4.78 is 11.1. The lowest BCUT2D eigenvalue weighted by Gasteiger charge is -2.23. The van der Waals surface area contributed by atoms with Crippen LogP contribution in [-0.2, 0) is 4.74 Å². The highest BCUT2D eigenvalue weighted by Crippen LogP contribution is 2.26. The van der Waals surface area contributed by atoms with Crippen molar-refractivity contribution in [1.82, 2.24) is 15.3 Å². The Labute approximate surface area is 182 Å². The fraction of sp³-hybridized carbons (Fsp3) is 0.435. The highest BCUT2D eigenvalue weighted by molar-refractivity contribution is 5.71. The van der Waals surface area contributed by atoms with Gasteiger partial charge < -0.3 is 14.8 Å². The van der Waals surface area contributed by atoms with E-state index in [1.165, 1.54) is 6.20 Å². The van der Waals surface area contributed by atoms with E-state index in [1.54, 1.807) is 24.3 Å². The lowest BCUT2D eigenvalue weighted by molar-refractivity contribution is 0.0500. The van der Waals surface area contributed by atoms with Gasteiger partial charge in [0.15, 0.2) is 12.1 Å². The quantitative estimate of drug-likeness (QED) is 0.633. The summed E-state index contributed by atoms with van der Waals surface area (Å²) in [4.78, 5) is 30.8. The van der Waals surface area contributed by atoms with Crippen molar-refractivity contribution in [2.45, 2.75) is 52.7 Å². The minimum atomic E-state index is -0.543. The molecule has 1 aromatic carbocycles. The average molecular weight is 425 g/mol. The van der Waals surface area contributed by atoms with E-state index >= 15 is 0 Å². The number of aldehydes is 1. The SMILES string of the molecule is CC(COc1ccc(-c2ccnc(C=O)n2)cc1C#N)CC(C)NC(=O)OC(C)(C)C. The molecular formula is C23H28N4O4. The number of nitrogens with one attached hydrogen (secondary N) is 1. The van der Waals surface area contributed by atoms with E-state index in [1.807, 2.05) is 34.6 Å². The number of benzene rings is 1. The summed E-state index contributed by atoms with van der Waals surface area (Å²) in [5.41, 5.74) is 1.07. The number of carbonyl (C=O) groups is 2. The third-order valence-electron chi connectivity index (χ3n) is 4.22. The van der Waals surface area contributed by atoms with E-state index in [4.69, 9.17) is 9.47 Å². The molecule has 2 unspecified atom stereocenters. The second-order valence-electron chi connectivity index (χ2n) is 8.44. The van der Waals surface area contributed by atoms with Crippen molar-refractivity contribution in [2.24, 2.45) is 5.92 Å². The van der Waals surface area contributed by atoms with Gasteiger partial charge in [0.05, 0.1) is 17.9 Å². The summed E-state index contributed by atoms with van der Waals surface area (Å²) >= 11 is 0. The van der Waals surface area contributed by atoms with Crippen LogP contribution in [0.5, 0.6) is 5.75 Å². The summed E-state index contributed by atoms with van der Waals surface area (Å²) in [7, 11) is 0. The fourth-order valence-corrected chi connectivity index (χ4v) is 2.97. The Hall–Kier alpha value is -3.47. The molecule has 8 nitrogen and oxygen atoms in total. The number of aromatic nitrogens is 2. The second kappa shape index (κ2) is 10.5. The number of amides is 1. The second-order valence-corrected chi connectivity index (χ2v) is 8.44. The molecule has 0 saturated carbocycles. The number of hydrogen-bond acceptors (Lipinski definition) is 7. The topological polar surface area (TPSA) is 114 Å². The molecule has 31 heavy (non-hydrogen) atoms. The smallest absolute Gasteiger partial charge is 0.407 e. The van der Waals surface area contributed by atoms with Crippen LogP contribution in [0.4, 0.5) is 4.79 Å². The Morgan fingerprint density at radius 1 is 1.29 bits per heavy atom. The van der Waals surface area contributed by atoms with Crippen LogP contribution in [0, 0.1) is 17.2 Å². The molecule has 2 rings (SSSR count). The summed E-state index contributed by atoms with van der Waals surface area (Å²) in [6.07, 6.45) is 2.32. The van der Waals surface area contributed by atoms with E-state index < -0.39 is 11.7 Å². The monoisotopic (exact) mass is 424 g/mol. The first kappa shape index (κ1) is 23.8. The summed E-state index contributed by atoms with van der Waals surface area (Å²) in [6.45, 7) is 9.76. The molecule has 1 aromatic heterocycles. The number of ether oxygens (including phenoxy) is 2. The normalized spacial score (nSPS) is 12.9. The van der Waals surface area contributed by atoms with Crippen LogP contribution >= 0.6 is 0 Å². The summed E-state index contributed by atoms with van der Waals surface area (Å²) in [6, 6.07) is 8.89. The van der Waals surface area contributed by atoms with Crippen LogP contribution in [0.25, 0.3) is 11.3 Å². The maximum Gasteiger partial charge on any atom is 0.407 e. The zero-order valence-corrected chi connectivity index (χ0v) is 18.5. The first-order valence-electron chi connectivity index (χ1n) is 10.1. The van der Waals surface area contributed by atoms with Gasteiger partial charge in [-0.2, -0.15) is 5.26 Å². The van der Waals surface area contributed by atoms with Crippen molar-refractivity contribution in [2.75, 3.05) is 6.61 Å². The number of hydrogen-bond donors (Lipinski definition) is 1. The molecule has 0 spiro atoms. The number of nitriles is 1. The van der Waals surface area contributed by atoms with E-state index in [2.05, 4.69) is 21.4 Å². The van der Waals surface area contributed by atoms with Crippen LogP contribution in [0.15, 0.2) is 30.5 Å². The molecule has 1 amide bonds. The Bertz CT molecular complexity index is 963. The van der Waals surface area contributed by atoms with E-state index in [0.29, 0.717) is 41.9 Å². The van der Waals surface area contributed by atoms with Crippen LogP contribution in [-0.4, -0.2) is 40.6 Å². The highest BCUT2D eigenvalue weighted by atomic mass is 16.6. The fourth-order valence-electron chi connectivity index (χ4n) is 2.97. The van der Waals surface area contributed by atoms with Gasteiger partial charge in [0.2, 0.25) is 0 Å². The highest BCUT2D eigenvalue weighted by Gasteiger charge is 2.19. The van der Waals surface area contributed by atoms with Gasteiger partial charge in [0.1, 0.15) is 17.4 Å². The van der Waals surface area contributed by atoms with Crippen molar-refractivity contribution in [3.8, 4) is 23.1 Å². The third-order valence-corrected chi connectivity index (χ3v) is 4.22. The first-order valence-corrected chi connectivity index (χ1v) is 10.1. The predicted molar refractivity (Wildman–Crippen MR) is 116 cm³/mol. The van der Waals surface area contributed by atoms with Crippen LogP contribution < -0.4 is 10.1 Å².